The summed E-state index contributed by atoms with van der Waals surface area (Å²) in [5.74, 6) is -2.76. The molecule has 1 heterocycles. The molecule has 1 aromatic carbocycles. The van der Waals surface area contributed by atoms with Crippen LogP contribution in [-0.2, 0) is 4.79 Å². The van der Waals surface area contributed by atoms with Crippen molar-refractivity contribution in [3.05, 3.63) is 52.9 Å². The van der Waals surface area contributed by atoms with Crippen molar-refractivity contribution < 1.29 is 23.1 Å². The molecule has 0 bridgehead atoms. The van der Waals surface area contributed by atoms with Crippen molar-refractivity contribution in [2.24, 2.45) is 0 Å². The van der Waals surface area contributed by atoms with Crippen LogP contribution in [0.2, 0.25) is 0 Å². The topological polar surface area (TPSA) is 67.3 Å². The zero-order chi connectivity index (χ0) is 14.5. The number of halogens is 3. The molecule has 2 aromatic rings. The highest BCUT2D eigenvalue weighted by Gasteiger charge is 2.38. The molecule has 0 spiro atoms. The second kappa shape index (κ2) is 5.94. The summed E-state index contributed by atoms with van der Waals surface area (Å²) in [7, 11) is 0. The first-order valence-corrected chi connectivity index (χ1v) is 4.96. The van der Waals surface area contributed by atoms with Gasteiger partial charge < -0.3 is 5.11 Å². The second-order valence-corrected chi connectivity index (χ2v) is 3.33. The zero-order valence-corrected chi connectivity index (χ0v) is 9.39. The fourth-order valence-electron chi connectivity index (χ4n) is 1.16. The molecule has 4 nitrogen and oxygen atoms in total. The average molecular weight is 271 g/mol. The van der Waals surface area contributed by atoms with Gasteiger partial charge in [-0.25, -0.2) is 9.78 Å². The standard InChI is InChI=1S/C10H7NO.C2HF3O2/c12-10-9-6-2-1-4-8(9)5-3-7-11-10;3-2(4,5)1(6)7/h1-7H;(H,6,7). The predicted octanol–water partition coefficient (Wildman–Crippen LogP) is 2.23. The van der Waals surface area contributed by atoms with Gasteiger partial charge in [0.15, 0.2) is 0 Å². The lowest BCUT2D eigenvalue weighted by atomic mass is 10.2. The molecule has 0 unspecified atom stereocenters. The van der Waals surface area contributed by atoms with Crippen LogP contribution >= 0.6 is 0 Å². The molecule has 0 aliphatic carbocycles. The van der Waals surface area contributed by atoms with Gasteiger partial charge in [0.2, 0.25) is 0 Å². The largest absolute Gasteiger partial charge is 0.490 e. The van der Waals surface area contributed by atoms with Crippen LogP contribution in [0.5, 0.6) is 0 Å². The Labute approximate surface area is 105 Å². The van der Waals surface area contributed by atoms with E-state index in [1.54, 1.807) is 12.1 Å². The van der Waals surface area contributed by atoms with E-state index in [0.717, 1.165) is 5.39 Å². The van der Waals surface area contributed by atoms with Crippen molar-refractivity contribution in [1.82, 2.24) is 4.98 Å². The molecule has 19 heavy (non-hydrogen) atoms. The molecule has 0 aliphatic rings. The van der Waals surface area contributed by atoms with Crippen LogP contribution in [-0.4, -0.2) is 22.2 Å². The van der Waals surface area contributed by atoms with Crippen molar-refractivity contribution in [1.29, 1.82) is 0 Å². The number of benzene rings is 1. The highest BCUT2D eigenvalue weighted by atomic mass is 19.4. The summed E-state index contributed by atoms with van der Waals surface area (Å²) < 4.78 is 31.7. The van der Waals surface area contributed by atoms with Gasteiger partial charge in [-0.05, 0) is 17.5 Å². The monoisotopic (exact) mass is 271 g/mol. The lowest BCUT2D eigenvalue weighted by molar-refractivity contribution is -0.192. The summed E-state index contributed by atoms with van der Waals surface area (Å²) in [6, 6.07) is 11.1. The lowest BCUT2D eigenvalue weighted by Gasteiger charge is -1.93. The highest BCUT2D eigenvalue weighted by molar-refractivity contribution is 5.80. The Morgan fingerprint density at radius 2 is 1.63 bits per heavy atom. The number of rotatable bonds is 0. The lowest BCUT2D eigenvalue weighted by Crippen LogP contribution is -2.21. The first-order chi connectivity index (χ1) is 8.82. The minimum Gasteiger partial charge on any atom is -0.475 e. The van der Waals surface area contributed by atoms with Gasteiger partial charge in [-0.1, -0.05) is 24.3 Å². The number of alkyl halides is 3. The van der Waals surface area contributed by atoms with Crippen LogP contribution in [0.15, 0.2) is 47.4 Å². The van der Waals surface area contributed by atoms with Crippen LogP contribution in [0.3, 0.4) is 0 Å². The Morgan fingerprint density at radius 1 is 1.11 bits per heavy atom. The van der Waals surface area contributed by atoms with Gasteiger partial charge in [-0.2, -0.15) is 13.2 Å². The van der Waals surface area contributed by atoms with Crippen molar-refractivity contribution in [2.75, 3.05) is 0 Å². The molecule has 0 saturated heterocycles. The highest BCUT2D eigenvalue weighted by Crippen LogP contribution is 2.13. The van der Waals surface area contributed by atoms with Gasteiger partial charge in [0.25, 0.3) is 5.56 Å². The van der Waals surface area contributed by atoms with Crippen LogP contribution < -0.4 is 5.56 Å². The van der Waals surface area contributed by atoms with E-state index in [-0.39, 0.29) is 5.56 Å². The molecule has 0 saturated carbocycles. The third-order valence-corrected chi connectivity index (χ3v) is 1.99. The summed E-state index contributed by atoms with van der Waals surface area (Å²) in [5, 5.41) is 8.72. The number of carbonyl (C=O) groups is 1. The zero-order valence-electron chi connectivity index (χ0n) is 9.39. The summed E-state index contributed by atoms with van der Waals surface area (Å²) in [6.07, 6.45) is -3.57. The molecule has 7 heteroatoms. The van der Waals surface area contributed by atoms with Gasteiger partial charge in [0, 0.05) is 11.6 Å². The molecule has 0 amide bonds. The first-order valence-electron chi connectivity index (χ1n) is 4.96. The maximum atomic E-state index is 11.3. The molecule has 2 rings (SSSR count). The number of hydrogen-bond acceptors (Lipinski definition) is 3. The number of nitrogens with zero attached hydrogens (tertiary/aromatic N) is 1. The Kier molecular flexibility index (Phi) is 4.57. The number of carboxylic acids is 1. The summed E-state index contributed by atoms with van der Waals surface area (Å²) >= 11 is 0. The van der Waals surface area contributed by atoms with Gasteiger partial charge in [-0.15, -0.1) is 0 Å². The van der Waals surface area contributed by atoms with Gasteiger partial charge in [0.05, 0.1) is 0 Å². The normalized spacial score (nSPS) is 10.5. The van der Waals surface area contributed by atoms with Crippen molar-refractivity contribution in [2.45, 2.75) is 6.18 Å². The van der Waals surface area contributed by atoms with Crippen molar-refractivity contribution in [3.8, 4) is 0 Å². The quantitative estimate of drug-likeness (QED) is 0.797. The third-order valence-electron chi connectivity index (χ3n) is 1.99. The van der Waals surface area contributed by atoms with Crippen LogP contribution in [0.1, 0.15) is 0 Å². The Balaban J connectivity index is 0.000000224. The number of aromatic nitrogens is 1. The molecule has 1 N–H and O–H groups in total. The number of hydrogen-bond donors (Lipinski definition) is 1. The molecule has 0 atom stereocenters. The van der Waals surface area contributed by atoms with E-state index >= 15 is 0 Å². The van der Waals surface area contributed by atoms with Gasteiger partial charge >= 0.3 is 12.1 Å². The SMILES string of the molecule is O=C(O)C(F)(F)F.O=c1ncccc2ccccc12. The number of fused-ring (bicyclic) bond motifs is 1. The van der Waals surface area contributed by atoms with Gasteiger partial charge in [0.1, 0.15) is 0 Å². The fourth-order valence-corrected chi connectivity index (χ4v) is 1.16. The smallest absolute Gasteiger partial charge is 0.475 e. The molecule has 1 aromatic heterocycles. The van der Waals surface area contributed by atoms with Crippen molar-refractivity contribution in [3.63, 3.8) is 0 Å². The average Bonchev–Trinajstić information content (AvgIpc) is 2.52. The maximum absolute atomic E-state index is 11.3. The molecule has 0 aliphatic heterocycles. The Hall–Kier alpha value is -2.44. The summed E-state index contributed by atoms with van der Waals surface area (Å²) in [6.45, 7) is 0. The van der Waals surface area contributed by atoms with E-state index in [1.807, 2.05) is 24.3 Å². The molecular weight excluding hydrogens is 263 g/mol. The van der Waals surface area contributed by atoms with E-state index < -0.39 is 12.1 Å². The van der Waals surface area contributed by atoms with Crippen LogP contribution in [0, 0.1) is 0 Å². The summed E-state index contributed by atoms with van der Waals surface area (Å²) in [4.78, 5) is 23.9. The molecule has 100 valence electrons. The van der Waals surface area contributed by atoms with E-state index in [0.29, 0.717) is 5.39 Å². The minimum atomic E-state index is -5.08. The van der Waals surface area contributed by atoms with Gasteiger partial charge in [-0.3, -0.25) is 4.79 Å². The molecule has 0 fully saturated rings. The second-order valence-electron chi connectivity index (χ2n) is 3.33. The Morgan fingerprint density at radius 3 is 2.21 bits per heavy atom. The van der Waals surface area contributed by atoms with Crippen molar-refractivity contribution >= 4 is 16.7 Å². The molecular formula is C12H8F3NO3. The van der Waals surface area contributed by atoms with E-state index in [9.17, 15) is 18.0 Å². The number of aliphatic carboxylic acids is 1. The van der Waals surface area contributed by atoms with Crippen LogP contribution in [0.25, 0.3) is 10.8 Å². The van der Waals surface area contributed by atoms with E-state index in [2.05, 4.69) is 4.98 Å². The summed E-state index contributed by atoms with van der Waals surface area (Å²) in [5.41, 5.74) is -0.171. The van der Waals surface area contributed by atoms with E-state index in [4.69, 9.17) is 9.90 Å². The maximum Gasteiger partial charge on any atom is 0.490 e. The van der Waals surface area contributed by atoms with Crippen LogP contribution in [0.4, 0.5) is 13.2 Å². The van der Waals surface area contributed by atoms with E-state index in [1.165, 1.54) is 6.20 Å². The Bertz CT molecular complexity index is 641. The first kappa shape index (κ1) is 14.6. The fraction of sp³-hybridized carbons (Fsp3) is 0.0833. The molecule has 0 radical (unpaired) electrons. The predicted molar refractivity (Wildman–Crippen MR) is 61.7 cm³/mol. The third kappa shape index (κ3) is 4.38. The minimum absolute atomic E-state index is 0.171. The number of carboxylic acid groups (broad SMARTS) is 1.